The van der Waals surface area contributed by atoms with Crippen LogP contribution in [0.4, 0.5) is 0 Å². The average Bonchev–Trinajstić information content (AvgIpc) is 3.19. The fourth-order valence-electron chi connectivity index (χ4n) is 4.19. The van der Waals surface area contributed by atoms with Gasteiger partial charge in [-0.15, -0.1) is 0 Å². The SMILES string of the molecule is COc1ccc2[nH]c(C(=O)N[C@H]3[C@H]4CCO[C@H]4[C@@H]3NC(C)=O)c(C)c2c1. The molecule has 0 unspecified atom stereocenters. The molecule has 4 rings (SSSR count). The maximum absolute atomic E-state index is 12.9. The van der Waals surface area contributed by atoms with E-state index in [0.717, 1.165) is 28.6 Å². The Labute approximate surface area is 151 Å². The predicted octanol–water partition coefficient (Wildman–Crippen LogP) is 1.51. The summed E-state index contributed by atoms with van der Waals surface area (Å²) in [6, 6.07) is 5.40. The molecule has 2 fully saturated rings. The number of ether oxygens (including phenoxy) is 2. The van der Waals surface area contributed by atoms with Gasteiger partial charge in [-0.1, -0.05) is 0 Å². The summed E-state index contributed by atoms with van der Waals surface area (Å²) >= 11 is 0. The van der Waals surface area contributed by atoms with Gasteiger partial charge in [-0.05, 0) is 37.1 Å². The molecule has 0 radical (unpaired) electrons. The summed E-state index contributed by atoms with van der Waals surface area (Å²) in [4.78, 5) is 27.6. The summed E-state index contributed by atoms with van der Waals surface area (Å²) in [7, 11) is 1.62. The zero-order chi connectivity index (χ0) is 18.4. The number of fused-ring (bicyclic) bond motifs is 2. The van der Waals surface area contributed by atoms with Crippen LogP contribution >= 0.6 is 0 Å². The van der Waals surface area contributed by atoms with E-state index in [0.29, 0.717) is 12.3 Å². The van der Waals surface area contributed by atoms with Crippen molar-refractivity contribution in [1.82, 2.24) is 15.6 Å². The lowest BCUT2D eigenvalue weighted by Crippen LogP contribution is -2.70. The summed E-state index contributed by atoms with van der Waals surface area (Å²) in [5.41, 5.74) is 2.31. The highest BCUT2D eigenvalue weighted by Crippen LogP contribution is 2.39. The highest BCUT2D eigenvalue weighted by molar-refractivity contribution is 6.01. The van der Waals surface area contributed by atoms with Gasteiger partial charge in [0.2, 0.25) is 5.91 Å². The molecule has 1 aromatic carbocycles. The lowest BCUT2D eigenvalue weighted by Gasteiger charge is -2.47. The van der Waals surface area contributed by atoms with Gasteiger partial charge in [-0.25, -0.2) is 0 Å². The largest absolute Gasteiger partial charge is 0.497 e. The van der Waals surface area contributed by atoms with Crippen LogP contribution in [0.1, 0.15) is 29.4 Å². The number of aromatic amines is 1. The molecule has 1 aliphatic carbocycles. The zero-order valence-corrected chi connectivity index (χ0v) is 15.1. The molecule has 26 heavy (non-hydrogen) atoms. The van der Waals surface area contributed by atoms with Gasteiger partial charge >= 0.3 is 0 Å². The van der Waals surface area contributed by atoms with Crippen molar-refractivity contribution in [2.24, 2.45) is 5.92 Å². The first-order valence-electron chi connectivity index (χ1n) is 8.85. The van der Waals surface area contributed by atoms with Gasteiger partial charge in [0.05, 0.1) is 25.3 Å². The van der Waals surface area contributed by atoms with Crippen LogP contribution in [-0.2, 0) is 9.53 Å². The molecular weight excluding hydrogens is 334 g/mol. The summed E-state index contributed by atoms with van der Waals surface area (Å²) < 4.78 is 11.0. The Morgan fingerprint density at radius 1 is 1.27 bits per heavy atom. The van der Waals surface area contributed by atoms with Crippen LogP contribution < -0.4 is 15.4 Å². The number of aromatic nitrogens is 1. The Bertz CT molecular complexity index is 875. The van der Waals surface area contributed by atoms with E-state index in [1.807, 2.05) is 25.1 Å². The lowest BCUT2D eigenvalue weighted by atomic mass is 9.71. The third-order valence-corrected chi connectivity index (χ3v) is 5.55. The van der Waals surface area contributed by atoms with Crippen LogP contribution in [0.3, 0.4) is 0 Å². The topological polar surface area (TPSA) is 92.5 Å². The summed E-state index contributed by atoms with van der Waals surface area (Å²) in [5, 5.41) is 6.96. The van der Waals surface area contributed by atoms with Crippen molar-refractivity contribution >= 4 is 22.7 Å². The normalized spacial score (nSPS) is 26.9. The minimum absolute atomic E-state index is 0.00253. The number of hydrogen-bond donors (Lipinski definition) is 3. The van der Waals surface area contributed by atoms with E-state index in [1.165, 1.54) is 6.92 Å². The summed E-state index contributed by atoms with van der Waals surface area (Å²) in [5.74, 6) is 0.725. The van der Waals surface area contributed by atoms with E-state index < -0.39 is 0 Å². The number of hydrogen-bond acceptors (Lipinski definition) is 4. The van der Waals surface area contributed by atoms with E-state index in [2.05, 4.69) is 15.6 Å². The maximum Gasteiger partial charge on any atom is 0.268 e. The first-order chi connectivity index (χ1) is 12.5. The van der Waals surface area contributed by atoms with Crippen LogP contribution in [0.5, 0.6) is 5.75 Å². The zero-order valence-electron chi connectivity index (χ0n) is 15.1. The van der Waals surface area contributed by atoms with Gasteiger partial charge < -0.3 is 25.1 Å². The molecular formula is C19H23N3O4. The molecule has 3 N–H and O–H groups in total. The van der Waals surface area contributed by atoms with E-state index in [4.69, 9.17) is 9.47 Å². The number of rotatable bonds is 4. The lowest BCUT2D eigenvalue weighted by molar-refractivity contribution is -0.123. The van der Waals surface area contributed by atoms with Gasteiger partial charge in [0.1, 0.15) is 11.4 Å². The third-order valence-electron chi connectivity index (χ3n) is 5.55. The van der Waals surface area contributed by atoms with Crippen LogP contribution in [-0.4, -0.2) is 48.7 Å². The molecule has 0 spiro atoms. The Kier molecular flexibility index (Phi) is 4.11. The smallest absolute Gasteiger partial charge is 0.268 e. The number of nitrogens with one attached hydrogen (secondary N) is 3. The number of carbonyl (C=O) groups is 2. The molecule has 0 bridgehead atoms. The number of H-pyrrole nitrogens is 1. The van der Waals surface area contributed by atoms with Crippen LogP contribution in [0.25, 0.3) is 10.9 Å². The van der Waals surface area contributed by atoms with Crippen molar-refractivity contribution in [3.63, 3.8) is 0 Å². The predicted molar refractivity (Wildman–Crippen MR) is 96.3 cm³/mol. The fourth-order valence-corrected chi connectivity index (χ4v) is 4.19. The van der Waals surface area contributed by atoms with E-state index in [9.17, 15) is 9.59 Å². The van der Waals surface area contributed by atoms with E-state index in [-0.39, 0.29) is 35.9 Å². The van der Waals surface area contributed by atoms with Crippen LogP contribution in [0.2, 0.25) is 0 Å². The summed E-state index contributed by atoms with van der Waals surface area (Å²) in [6.45, 7) is 4.07. The fraction of sp³-hybridized carbons (Fsp3) is 0.474. The number of methoxy groups -OCH3 is 1. The van der Waals surface area contributed by atoms with Gasteiger partial charge in [0.25, 0.3) is 5.91 Å². The van der Waals surface area contributed by atoms with Crippen molar-refractivity contribution in [2.75, 3.05) is 13.7 Å². The van der Waals surface area contributed by atoms with Crippen molar-refractivity contribution in [1.29, 1.82) is 0 Å². The van der Waals surface area contributed by atoms with Crippen molar-refractivity contribution in [3.8, 4) is 5.75 Å². The van der Waals surface area contributed by atoms with Crippen molar-refractivity contribution in [2.45, 2.75) is 38.5 Å². The molecule has 1 aliphatic heterocycles. The molecule has 4 atom stereocenters. The summed E-state index contributed by atoms with van der Waals surface area (Å²) in [6.07, 6.45) is 0.895. The van der Waals surface area contributed by atoms with Crippen LogP contribution in [0.15, 0.2) is 18.2 Å². The van der Waals surface area contributed by atoms with Gasteiger partial charge in [-0.3, -0.25) is 9.59 Å². The van der Waals surface area contributed by atoms with Gasteiger partial charge in [-0.2, -0.15) is 0 Å². The Morgan fingerprint density at radius 2 is 2.08 bits per heavy atom. The Balaban J connectivity index is 1.57. The Hall–Kier alpha value is -2.54. The molecule has 138 valence electrons. The molecule has 1 aromatic heterocycles. The second-order valence-electron chi connectivity index (χ2n) is 7.05. The second-order valence-corrected chi connectivity index (χ2v) is 7.05. The van der Waals surface area contributed by atoms with Gasteiger partial charge in [0.15, 0.2) is 0 Å². The monoisotopic (exact) mass is 357 g/mol. The first-order valence-corrected chi connectivity index (χ1v) is 8.85. The minimum Gasteiger partial charge on any atom is -0.497 e. The number of amides is 2. The standard InChI is InChI=1S/C19H23N3O4/c1-9-13-8-11(25-3)4-5-14(13)21-15(9)19(24)22-16-12-6-7-26-18(12)17(16)20-10(2)23/h4-5,8,12,16-18,21H,6-7H2,1-3H3,(H,20,23)(H,22,24)/t12-,16+,17-,18-/m1/s1. The highest BCUT2D eigenvalue weighted by Gasteiger charge is 2.55. The highest BCUT2D eigenvalue weighted by atomic mass is 16.5. The minimum atomic E-state index is -0.172. The second kappa shape index (κ2) is 6.32. The molecule has 2 aromatic rings. The van der Waals surface area contributed by atoms with E-state index in [1.54, 1.807) is 7.11 Å². The maximum atomic E-state index is 12.9. The number of aryl methyl sites for hydroxylation is 1. The first kappa shape index (κ1) is 16.9. The van der Waals surface area contributed by atoms with Crippen molar-refractivity contribution in [3.05, 3.63) is 29.5 Å². The Morgan fingerprint density at radius 3 is 2.81 bits per heavy atom. The molecule has 7 heteroatoms. The van der Waals surface area contributed by atoms with E-state index >= 15 is 0 Å². The van der Waals surface area contributed by atoms with Crippen LogP contribution in [0, 0.1) is 12.8 Å². The third kappa shape index (κ3) is 2.63. The van der Waals surface area contributed by atoms with Crippen molar-refractivity contribution < 1.29 is 19.1 Å². The molecule has 2 amide bonds. The van der Waals surface area contributed by atoms with Gasteiger partial charge in [0, 0.05) is 30.4 Å². The quantitative estimate of drug-likeness (QED) is 0.773. The number of carbonyl (C=O) groups excluding carboxylic acids is 2. The molecule has 2 heterocycles. The molecule has 2 aliphatic rings. The molecule has 7 nitrogen and oxygen atoms in total. The molecule has 1 saturated carbocycles. The molecule has 1 saturated heterocycles. The average molecular weight is 357 g/mol. The number of benzene rings is 1.